The lowest BCUT2D eigenvalue weighted by Crippen LogP contribution is -2.24. The quantitative estimate of drug-likeness (QED) is 0.560. The van der Waals surface area contributed by atoms with Crippen LogP contribution in [0.15, 0.2) is 48.5 Å². The Morgan fingerprint density at radius 3 is 2.43 bits per heavy atom. The molecule has 0 unspecified atom stereocenters. The first-order chi connectivity index (χ1) is 14.3. The third kappa shape index (κ3) is 5.11. The maximum Gasteiger partial charge on any atom is 0.338 e. The van der Waals surface area contributed by atoms with Gasteiger partial charge >= 0.3 is 5.97 Å². The summed E-state index contributed by atoms with van der Waals surface area (Å²) >= 11 is 0. The number of hydrogen-bond donors (Lipinski definition) is 1. The fourth-order valence-corrected chi connectivity index (χ4v) is 3.05. The second kappa shape index (κ2) is 9.35. The van der Waals surface area contributed by atoms with Crippen LogP contribution in [0, 0.1) is 5.92 Å². The highest BCUT2D eigenvalue weighted by atomic mass is 16.5. The molecule has 7 nitrogen and oxygen atoms in total. The van der Waals surface area contributed by atoms with Crippen molar-refractivity contribution in [3.63, 3.8) is 0 Å². The van der Waals surface area contributed by atoms with E-state index in [2.05, 4.69) is 5.32 Å². The predicted molar refractivity (Wildman–Crippen MR) is 113 cm³/mol. The molecule has 0 bridgehead atoms. The largest absolute Gasteiger partial charge is 0.454 e. The van der Waals surface area contributed by atoms with Crippen molar-refractivity contribution in [1.82, 2.24) is 0 Å². The van der Waals surface area contributed by atoms with Gasteiger partial charge in [-0.2, -0.15) is 0 Å². The van der Waals surface area contributed by atoms with Gasteiger partial charge < -0.3 is 15.0 Å². The molecule has 1 aliphatic rings. The van der Waals surface area contributed by atoms with Gasteiger partial charge in [0.1, 0.15) is 0 Å². The third-order valence-electron chi connectivity index (χ3n) is 4.80. The minimum atomic E-state index is -0.627. The summed E-state index contributed by atoms with van der Waals surface area (Å²) in [5.74, 6) is -1.20. The van der Waals surface area contributed by atoms with Gasteiger partial charge in [0.15, 0.2) is 12.4 Å². The van der Waals surface area contributed by atoms with E-state index in [1.54, 1.807) is 67.3 Å². The van der Waals surface area contributed by atoms with E-state index in [-0.39, 0.29) is 29.1 Å². The lowest BCUT2D eigenvalue weighted by Gasteiger charge is -2.16. The van der Waals surface area contributed by atoms with E-state index < -0.39 is 12.6 Å². The molecule has 2 aromatic carbocycles. The Bertz CT molecular complexity index is 966. The zero-order chi connectivity index (χ0) is 21.7. The van der Waals surface area contributed by atoms with Crippen LogP contribution in [0.4, 0.5) is 11.4 Å². The van der Waals surface area contributed by atoms with Crippen molar-refractivity contribution in [1.29, 1.82) is 0 Å². The molecule has 156 valence electrons. The number of rotatable bonds is 7. The molecular formula is C23H24N2O5. The van der Waals surface area contributed by atoms with E-state index >= 15 is 0 Å². The third-order valence-corrected chi connectivity index (χ3v) is 4.80. The van der Waals surface area contributed by atoms with E-state index in [1.165, 1.54) is 0 Å². The zero-order valence-corrected chi connectivity index (χ0v) is 17.0. The normalized spacial score (nSPS) is 13.4. The van der Waals surface area contributed by atoms with Crippen molar-refractivity contribution in [2.75, 3.05) is 23.4 Å². The average Bonchev–Trinajstić information content (AvgIpc) is 3.18. The number of ether oxygens (including phenoxy) is 1. The smallest absolute Gasteiger partial charge is 0.338 e. The van der Waals surface area contributed by atoms with E-state index in [0.717, 1.165) is 6.42 Å². The molecular weight excluding hydrogens is 384 g/mol. The van der Waals surface area contributed by atoms with E-state index in [0.29, 0.717) is 29.9 Å². The van der Waals surface area contributed by atoms with Gasteiger partial charge in [-0.05, 0) is 48.9 Å². The Kier molecular flexibility index (Phi) is 6.61. The highest BCUT2D eigenvalue weighted by Crippen LogP contribution is 2.22. The molecule has 1 heterocycles. The topological polar surface area (TPSA) is 92.8 Å². The monoisotopic (exact) mass is 408 g/mol. The lowest BCUT2D eigenvalue weighted by atomic mass is 10.1. The second-order valence-electron chi connectivity index (χ2n) is 7.42. The number of ketones is 1. The summed E-state index contributed by atoms with van der Waals surface area (Å²) in [6, 6.07) is 13.1. The molecule has 2 amide bonds. The van der Waals surface area contributed by atoms with Gasteiger partial charge in [-0.15, -0.1) is 0 Å². The predicted octanol–water partition coefficient (Wildman–Crippen LogP) is 3.45. The molecule has 0 spiro atoms. The zero-order valence-electron chi connectivity index (χ0n) is 17.0. The number of Topliss-reactive ketones (excluding diaryl/α,β-unsaturated/α-hetero) is 1. The number of hydrogen-bond acceptors (Lipinski definition) is 5. The Labute approximate surface area is 175 Å². The number of nitrogens with one attached hydrogen (secondary N) is 1. The number of amides is 2. The van der Waals surface area contributed by atoms with Gasteiger partial charge in [0.25, 0.3) is 0 Å². The number of carbonyl (C=O) groups excluding carboxylic acids is 4. The maximum atomic E-state index is 12.3. The summed E-state index contributed by atoms with van der Waals surface area (Å²) in [4.78, 5) is 49.9. The summed E-state index contributed by atoms with van der Waals surface area (Å²) in [5, 5.41) is 2.75. The van der Waals surface area contributed by atoms with Crippen LogP contribution in [-0.4, -0.2) is 36.7 Å². The van der Waals surface area contributed by atoms with Crippen molar-refractivity contribution >= 4 is 34.9 Å². The fraction of sp³-hybridized carbons (Fsp3) is 0.304. The van der Waals surface area contributed by atoms with Crippen molar-refractivity contribution in [3.8, 4) is 0 Å². The summed E-state index contributed by atoms with van der Waals surface area (Å²) in [6.45, 7) is 3.81. The molecule has 1 fully saturated rings. The fourth-order valence-electron chi connectivity index (χ4n) is 3.05. The highest BCUT2D eigenvalue weighted by molar-refractivity contribution is 6.01. The number of anilines is 2. The molecule has 30 heavy (non-hydrogen) atoms. The van der Waals surface area contributed by atoms with Gasteiger partial charge in [0.05, 0.1) is 5.56 Å². The van der Waals surface area contributed by atoms with Crippen LogP contribution >= 0.6 is 0 Å². The van der Waals surface area contributed by atoms with E-state index in [9.17, 15) is 19.2 Å². The van der Waals surface area contributed by atoms with E-state index in [4.69, 9.17) is 4.74 Å². The maximum absolute atomic E-state index is 12.3. The molecule has 1 saturated heterocycles. The molecule has 0 saturated carbocycles. The van der Waals surface area contributed by atoms with Crippen LogP contribution in [0.5, 0.6) is 0 Å². The SMILES string of the molecule is CC(C)C(=O)Nc1ccc(C(=O)COC(=O)c2cccc(N3CCCC3=O)c2)cc1. The van der Waals surface area contributed by atoms with Crippen LogP contribution in [0.25, 0.3) is 0 Å². The van der Waals surface area contributed by atoms with Crippen molar-refractivity contribution in [2.24, 2.45) is 5.92 Å². The minimum Gasteiger partial charge on any atom is -0.454 e. The summed E-state index contributed by atoms with van der Waals surface area (Å²) in [6.07, 6.45) is 1.30. The summed E-state index contributed by atoms with van der Waals surface area (Å²) in [7, 11) is 0. The highest BCUT2D eigenvalue weighted by Gasteiger charge is 2.22. The second-order valence-corrected chi connectivity index (χ2v) is 7.42. The van der Waals surface area contributed by atoms with Gasteiger partial charge in [-0.25, -0.2) is 4.79 Å². The summed E-state index contributed by atoms with van der Waals surface area (Å²) < 4.78 is 5.15. The number of esters is 1. The van der Waals surface area contributed by atoms with Crippen molar-refractivity contribution in [2.45, 2.75) is 26.7 Å². The molecule has 0 aromatic heterocycles. The molecule has 7 heteroatoms. The molecule has 3 rings (SSSR count). The van der Waals surface area contributed by atoms with Gasteiger partial charge in [-0.1, -0.05) is 19.9 Å². The van der Waals surface area contributed by atoms with Crippen molar-refractivity contribution in [3.05, 3.63) is 59.7 Å². The number of nitrogens with zero attached hydrogens (tertiary/aromatic N) is 1. The molecule has 0 aliphatic carbocycles. The Balaban J connectivity index is 1.57. The molecule has 0 atom stereocenters. The molecule has 1 aliphatic heterocycles. The van der Waals surface area contributed by atoms with Gasteiger partial charge in [0.2, 0.25) is 11.8 Å². The average molecular weight is 408 g/mol. The van der Waals surface area contributed by atoms with Crippen LogP contribution in [0.2, 0.25) is 0 Å². The Morgan fingerprint density at radius 1 is 1.07 bits per heavy atom. The van der Waals surface area contributed by atoms with Crippen LogP contribution < -0.4 is 10.2 Å². The first kappa shape index (κ1) is 21.2. The lowest BCUT2D eigenvalue weighted by molar-refractivity contribution is -0.119. The molecule has 2 aromatic rings. The van der Waals surface area contributed by atoms with E-state index in [1.807, 2.05) is 0 Å². The first-order valence-electron chi connectivity index (χ1n) is 9.87. The molecule has 1 N–H and O–H groups in total. The van der Waals surface area contributed by atoms with Gasteiger partial charge in [-0.3, -0.25) is 14.4 Å². The minimum absolute atomic E-state index is 0.0312. The number of benzene rings is 2. The summed E-state index contributed by atoms with van der Waals surface area (Å²) in [5.41, 5.74) is 1.90. The van der Waals surface area contributed by atoms with Crippen LogP contribution in [-0.2, 0) is 14.3 Å². The van der Waals surface area contributed by atoms with Crippen molar-refractivity contribution < 1.29 is 23.9 Å². The van der Waals surface area contributed by atoms with Crippen LogP contribution in [0.1, 0.15) is 47.4 Å². The Morgan fingerprint density at radius 2 is 1.80 bits per heavy atom. The first-order valence-corrected chi connectivity index (χ1v) is 9.87. The standard InChI is InChI=1S/C23H24N2O5/c1-15(2)22(28)24-18-10-8-16(9-11-18)20(26)14-30-23(29)17-5-3-6-19(13-17)25-12-4-7-21(25)27/h3,5-6,8-11,13,15H,4,7,12,14H2,1-2H3,(H,24,28). The van der Waals surface area contributed by atoms with Gasteiger partial charge in [0, 0.05) is 35.8 Å². The molecule has 0 radical (unpaired) electrons. The van der Waals surface area contributed by atoms with Crippen LogP contribution in [0.3, 0.4) is 0 Å². The number of carbonyl (C=O) groups is 4. The Hall–Kier alpha value is -3.48.